The van der Waals surface area contributed by atoms with E-state index < -0.39 is 0 Å². The van der Waals surface area contributed by atoms with Crippen LogP contribution >= 0.6 is 15.9 Å². The van der Waals surface area contributed by atoms with Crippen LogP contribution in [0.3, 0.4) is 0 Å². The minimum absolute atomic E-state index is 0.504. The largest absolute Gasteiger partial charge is 0.497 e. The summed E-state index contributed by atoms with van der Waals surface area (Å²) in [5.74, 6) is 2.61. The van der Waals surface area contributed by atoms with Crippen LogP contribution in [0.25, 0.3) is 0 Å². The zero-order valence-electron chi connectivity index (χ0n) is 12.6. The lowest BCUT2D eigenvalue weighted by molar-refractivity contribution is 0.414. The van der Waals surface area contributed by atoms with Gasteiger partial charge in [-0.15, -0.1) is 0 Å². The first-order valence-electron chi connectivity index (χ1n) is 6.93. The molecule has 2 aromatic rings. The molecular weight excluding hydrogens is 330 g/mol. The van der Waals surface area contributed by atoms with Gasteiger partial charge in [-0.3, -0.25) is 0 Å². The first-order valence-corrected chi connectivity index (χ1v) is 7.72. The van der Waals surface area contributed by atoms with Crippen LogP contribution in [-0.4, -0.2) is 17.1 Å². The Morgan fingerprint density at radius 1 is 1.19 bits per heavy atom. The Kier molecular flexibility index (Phi) is 5.17. The van der Waals surface area contributed by atoms with Crippen molar-refractivity contribution in [3.8, 4) is 5.75 Å². The molecule has 0 saturated heterocycles. The molecule has 0 unspecified atom stereocenters. The second-order valence-corrected chi connectivity index (χ2v) is 6.20. The molecule has 0 bridgehead atoms. The zero-order chi connectivity index (χ0) is 15.4. The Morgan fingerprint density at radius 3 is 2.43 bits per heavy atom. The number of hydrogen-bond acceptors (Lipinski definition) is 4. The number of rotatable bonds is 5. The Bertz CT molecular complexity index is 612. The van der Waals surface area contributed by atoms with Crippen LogP contribution < -0.4 is 10.5 Å². The number of hydrogen-bond donors (Lipinski definition) is 1. The SMILES string of the molecule is COc1ccc(Cc2nc(N)c(Br)c(CC(C)C)n2)cc1. The minimum Gasteiger partial charge on any atom is -0.497 e. The normalized spacial score (nSPS) is 10.9. The van der Waals surface area contributed by atoms with Crippen LogP contribution in [-0.2, 0) is 12.8 Å². The molecule has 0 aliphatic heterocycles. The van der Waals surface area contributed by atoms with Gasteiger partial charge >= 0.3 is 0 Å². The molecule has 1 aromatic carbocycles. The highest BCUT2D eigenvalue weighted by Crippen LogP contribution is 2.24. The molecule has 112 valence electrons. The van der Waals surface area contributed by atoms with Gasteiger partial charge in [0.05, 0.1) is 17.3 Å². The van der Waals surface area contributed by atoms with Crippen LogP contribution in [0, 0.1) is 5.92 Å². The first-order chi connectivity index (χ1) is 9.99. The summed E-state index contributed by atoms with van der Waals surface area (Å²) in [5.41, 5.74) is 8.08. The van der Waals surface area contributed by atoms with Gasteiger partial charge in [-0.25, -0.2) is 9.97 Å². The second-order valence-electron chi connectivity index (χ2n) is 5.41. The molecule has 0 fully saturated rings. The van der Waals surface area contributed by atoms with Crippen LogP contribution in [0.1, 0.15) is 30.9 Å². The van der Waals surface area contributed by atoms with Crippen molar-refractivity contribution in [2.75, 3.05) is 12.8 Å². The molecule has 2 rings (SSSR count). The van der Waals surface area contributed by atoms with E-state index in [4.69, 9.17) is 10.5 Å². The number of nitrogens with zero attached hydrogens (tertiary/aromatic N) is 2. The first kappa shape index (κ1) is 15.8. The van der Waals surface area contributed by atoms with Crippen molar-refractivity contribution in [3.05, 3.63) is 45.8 Å². The number of anilines is 1. The molecule has 2 N–H and O–H groups in total. The van der Waals surface area contributed by atoms with E-state index in [1.165, 1.54) is 0 Å². The highest BCUT2D eigenvalue weighted by atomic mass is 79.9. The molecule has 1 aromatic heterocycles. The average Bonchev–Trinajstić information content (AvgIpc) is 2.44. The van der Waals surface area contributed by atoms with Crippen molar-refractivity contribution in [2.24, 2.45) is 5.92 Å². The maximum absolute atomic E-state index is 5.98. The lowest BCUT2D eigenvalue weighted by Gasteiger charge is -2.11. The van der Waals surface area contributed by atoms with Crippen molar-refractivity contribution in [3.63, 3.8) is 0 Å². The number of benzene rings is 1. The molecule has 5 heteroatoms. The van der Waals surface area contributed by atoms with Gasteiger partial charge in [0.15, 0.2) is 0 Å². The molecule has 0 saturated carbocycles. The fourth-order valence-corrected chi connectivity index (χ4v) is 2.43. The molecule has 4 nitrogen and oxygen atoms in total. The van der Waals surface area contributed by atoms with Gasteiger partial charge in [-0.2, -0.15) is 0 Å². The Hall–Kier alpha value is -1.62. The number of nitrogen functional groups attached to an aromatic ring is 1. The van der Waals surface area contributed by atoms with E-state index in [0.29, 0.717) is 18.2 Å². The van der Waals surface area contributed by atoms with Crippen molar-refractivity contribution in [2.45, 2.75) is 26.7 Å². The fraction of sp³-hybridized carbons (Fsp3) is 0.375. The van der Waals surface area contributed by atoms with Crippen LogP contribution in [0.2, 0.25) is 0 Å². The Balaban J connectivity index is 2.24. The van der Waals surface area contributed by atoms with Gasteiger partial charge in [-0.1, -0.05) is 26.0 Å². The van der Waals surface area contributed by atoms with Crippen LogP contribution in [0.5, 0.6) is 5.75 Å². The smallest absolute Gasteiger partial charge is 0.141 e. The third-order valence-corrected chi connectivity index (χ3v) is 3.98. The lowest BCUT2D eigenvalue weighted by Crippen LogP contribution is -2.08. The van der Waals surface area contributed by atoms with Crippen LogP contribution in [0.15, 0.2) is 28.7 Å². The number of nitrogens with two attached hydrogens (primary N) is 1. The summed E-state index contributed by atoms with van der Waals surface area (Å²) in [4.78, 5) is 9.01. The third kappa shape index (κ3) is 4.17. The molecule has 21 heavy (non-hydrogen) atoms. The molecule has 0 radical (unpaired) electrons. The Morgan fingerprint density at radius 2 is 1.86 bits per heavy atom. The van der Waals surface area contributed by atoms with E-state index in [1.807, 2.05) is 24.3 Å². The van der Waals surface area contributed by atoms with Gasteiger partial charge in [0.1, 0.15) is 17.4 Å². The van der Waals surface area contributed by atoms with Gasteiger partial charge in [0, 0.05) is 6.42 Å². The predicted octanol–water partition coefficient (Wildman–Crippen LogP) is 3.62. The fourth-order valence-electron chi connectivity index (χ4n) is 2.09. The molecule has 0 spiro atoms. The van der Waals surface area contributed by atoms with Crippen LogP contribution in [0.4, 0.5) is 5.82 Å². The third-order valence-electron chi connectivity index (χ3n) is 3.11. The maximum atomic E-state index is 5.98. The summed E-state index contributed by atoms with van der Waals surface area (Å²) in [6.45, 7) is 4.32. The molecule has 1 heterocycles. The van der Waals surface area contributed by atoms with E-state index >= 15 is 0 Å². The quantitative estimate of drug-likeness (QED) is 0.895. The van der Waals surface area contributed by atoms with E-state index in [1.54, 1.807) is 7.11 Å². The highest BCUT2D eigenvalue weighted by Gasteiger charge is 2.12. The monoisotopic (exact) mass is 349 g/mol. The summed E-state index contributed by atoms with van der Waals surface area (Å²) in [7, 11) is 1.66. The molecule has 0 amide bonds. The second kappa shape index (κ2) is 6.89. The van der Waals surface area contributed by atoms with Gasteiger partial charge in [0.25, 0.3) is 0 Å². The summed E-state index contributed by atoms with van der Waals surface area (Å²) in [6.07, 6.45) is 1.54. The van der Waals surface area contributed by atoms with Gasteiger partial charge < -0.3 is 10.5 Å². The summed E-state index contributed by atoms with van der Waals surface area (Å²) >= 11 is 3.48. The maximum Gasteiger partial charge on any atom is 0.141 e. The van der Waals surface area contributed by atoms with Crippen molar-refractivity contribution in [1.82, 2.24) is 9.97 Å². The van der Waals surface area contributed by atoms with Gasteiger partial charge in [-0.05, 0) is 46.0 Å². The molecular formula is C16H20BrN3O. The summed E-state index contributed by atoms with van der Waals surface area (Å²) in [6, 6.07) is 7.91. The molecule has 0 aliphatic rings. The van der Waals surface area contributed by atoms with Crippen molar-refractivity contribution in [1.29, 1.82) is 0 Å². The van der Waals surface area contributed by atoms with E-state index in [2.05, 4.69) is 39.7 Å². The van der Waals surface area contributed by atoms with Crippen molar-refractivity contribution >= 4 is 21.7 Å². The van der Waals surface area contributed by atoms with E-state index in [0.717, 1.165) is 33.7 Å². The van der Waals surface area contributed by atoms with Crippen molar-refractivity contribution < 1.29 is 4.74 Å². The predicted molar refractivity (Wildman–Crippen MR) is 88.5 cm³/mol. The number of halogens is 1. The highest BCUT2D eigenvalue weighted by molar-refractivity contribution is 9.10. The summed E-state index contributed by atoms with van der Waals surface area (Å²) in [5, 5.41) is 0. The minimum atomic E-state index is 0.504. The number of aromatic nitrogens is 2. The zero-order valence-corrected chi connectivity index (χ0v) is 14.1. The molecule has 0 aliphatic carbocycles. The Labute approximate surface area is 133 Å². The average molecular weight is 350 g/mol. The van der Waals surface area contributed by atoms with E-state index in [9.17, 15) is 0 Å². The van der Waals surface area contributed by atoms with Gasteiger partial charge in [0.2, 0.25) is 0 Å². The lowest BCUT2D eigenvalue weighted by atomic mass is 10.1. The standard InChI is InChI=1S/C16H20BrN3O/c1-10(2)8-13-15(17)16(18)20-14(19-13)9-11-4-6-12(21-3)7-5-11/h4-7,10H,8-9H2,1-3H3,(H2,18,19,20). The number of methoxy groups -OCH3 is 1. The topological polar surface area (TPSA) is 61.0 Å². The number of ether oxygens (including phenoxy) is 1. The summed E-state index contributed by atoms with van der Waals surface area (Å²) < 4.78 is 5.97. The van der Waals surface area contributed by atoms with E-state index in [-0.39, 0.29) is 0 Å². The molecule has 0 atom stereocenters.